The standard InChI is InChI=1S/C18H34N6O2S2/c1-14(11-13-28(4,25)26)21-17(19-2)20-12-7-10-16-22-23-18(27-3)24(16)15-8-5-6-9-15/h14-15H,5-13H2,1-4H3,(H2,19,20,21). The quantitative estimate of drug-likeness (QED) is 0.253. The molecule has 28 heavy (non-hydrogen) atoms. The molecule has 0 aliphatic heterocycles. The smallest absolute Gasteiger partial charge is 0.191 e. The molecule has 1 atom stereocenters. The fourth-order valence-electron chi connectivity index (χ4n) is 3.49. The number of nitrogens with one attached hydrogen (secondary N) is 2. The van der Waals surface area contributed by atoms with Crippen LogP contribution in [0.5, 0.6) is 0 Å². The van der Waals surface area contributed by atoms with Crippen molar-refractivity contribution in [2.45, 2.75) is 69.1 Å². The second kappa shape index (κ2) is 11.0. The Bertz CT molecular complexity index is 741. The molecule has 0 amide bonds. The number of nitrogens with zero attached hydrogens (tertiary/aromatic N) is 4. The van der Waals surface area contributed by atoms with Gasteiger partial charge in [-0.05, 0) is 38.9 Å². The monoisotopic (exact) mass is 430 g/mol. The van der Waals surface area contributed by atoms with Crippen molar-refractivity contribution in [1.82, 2.24) is 25.4 Å². The van der Waals surface area contributed by atoms with Crippen LogP contribution in [0.4, 0.5) is 0 Å². The molecule has 8 nitrogen and oxygen atoms in total. The van der Waals surface area contributed by atoms with Crippen molar-refractivity contribution in [2.24, 2.45) is 4.99 Å². The van der Waals surface area contributed by atoms with E-state index >= 15 is 0 Å². The molecular formula is C18H34N6O2S2. The first kappa shape index (κ1) is 23.0. The van der Waals surface area contributed by atoms with E-state index in [1.807, 2.05) is 6.92 Å². The summed E-state index contributed by atoms with van der Waals surface area (Å²) in [6, 6.07) is 0.584. The summed E-state index contributed by atoms with van der Waals surface area (Å²) >= 11 is 1.67. The number of thioether (sulfide) groups is 1. The van der Waals surface area contributed by atoms with Crippen molar-refractivity contribution >= 4 is 27.6 Å². The highest BCUT2D eigenvalue weighted by molar-refractivity contribution is 7.98. The van der Waals surface area contributed by atoms with Gasteiger partial charge in [0.25, 0.3) is 0 Å². The van der Waals surface area contributed by atoms with E-state index in [1.165, 1.54) is 31.9 Å². The Labute approximate surface area is 173 Å². The number of aliphatic imine (C=N–C) groups is 1. The normalized spacial score (nSPS) is 17.1. The van der Waals surface area contributed by atoms with Crippen LogP contribution in [0.1, 0.15) is 57.3 Å². The van der Waals surface area contributed by atoms with Crippen LogP contribution in [0.25, 0.3) is 0 Å². The third-order valence-corrected chi connectivity index (χ3v) is 6.63. The maximum absolute atomic E-state index is 11.3. The van der Waals surface area contributed by atoms with Crippen molar-refractivity contribution < 1.29 is 8.42 Å². The van der Waals surface area contributed by atoms with Crippen molar-refractivity contribution in [3.63, 3.8) is 0 Å². The largest absolute Gasteiger partial charge is 0.356 e. The van der Waals surface area contributed by atoms with Crippen LogP contribution in [-0.4, -0.2) is 67.0 Å². The van der Waals surface area contributed by atoms with E-state index in [0.717, 1.165) is 30.4 Å². The van der Waals surface area contributed by atoms with Gasteiger partial charge in [-0.15, -0.1) is 10.2 Å². The number of guanidine groups is 1. The van der Waals surface area contributed by atoms with E-state index in [0.29, 0.717) is 18.4 Å². The number of hydrogen-bond acceptors (Lipinski definition) is 6. The molecule has 0 saturated heterocycles. The highest BCUT2D eigenvalue weighted by Crippen LogP contribution is 2.33. The minimum absolute atomic E-state index is 0.0375. The first-order valence-electron chi connectivity index (χ1n) is 9.96. The number of aryl methyl sites for hydroxylation is 1. The van der Waals surface area contributed by atoms with E-state index < -0.39 is 9.84 Å². The summed E-state index contributed by atoms with van der Waals surface area (Å²) in [7, 11) is -1.22. The van der Waals surface area contributed by atoms with Crippen LogP contribution in [0.2, 0.25) is 0 Å². The third-order valence-electron chi connectivity index (χ3n) is 5.01. The molecule has 2 rings (SSSR count). The number of rotatable bonds is 10. The van der Waals surface area contributed by atoms with Crippen molar-refractivity contribution in [3.8, 4) is 0 Å². The molecule has 0 radical (unpaired) electrons. The van der Waals surface area contributed by atoms with Crippen molar-refractivity contribution in [2.75, 3.05) is 31.9 Å². The first-order valence-corrected chi connectivity index (χ1v) is 13.2. The summed E-state index contributed by atoms with van der Waals surface area (Å²) < 4.78 is 24.9. The molecule has 160 valence electrons. The van der Waals surface area contributed by atoms with Crippen LogP contribution < -0.4 is 10.6 Å². The fourth-order valence-corrected chi connectivity index (χ4v) is 4.85. The van der Waals surface area contributed by atoms with Crippen LogP contribution in [-0.2, 0) is 16.3 Å². The van der Waals surface area contributed by atoms with Crippen molar-refractivity contribution in [1.29, 1.82) is 0 Å². The van der Waals surface area contributed by atoms with Crippen LogP contribution in [0.3, 0.4) is 0 Å². The second-order valence-electron chi connectivity index (χ2n) is 7.48. The molecule has 1 fully saturated rings. The van der Waals surface area contributed by atoms with Gasteiger partial charge in [-0.25, -0.2) is 8.42 Å². The maximum atomic E-state index is 11.3. The van der Waals surface area contributed by atoms with Gasteiger partial charge in [0.2, 0.25) is 0 Å². The van der Waals surface area contributed by atoms with Crippen LogP contribution in [0.15, 0.2) is 10.1 Å². The van der Waals surface area contributed by atoms with Crippen molar-refractivity contribution in [3.05, 3.63) is 5.82 Å². The van der Waals surface area contributed by atoms with Crippen LogP contribution >= 0.6 is 11.8 Å². The SMILES string of the molecule is CN=C(NCCCc1nnc(SC)n1C1CCCC1)NC(C)CCS(C)(=O)=O. The molecule has 1 aromatic rings. The van der Waals surface area contributed by atoms with Crippen LogP contribution in [0, 0.1) is 0 Å². The number of aromatic nitrogens is 3. The van der Waals surface area contributed by atoms with E-state index in [1.54, 1.807) is 18.8 Å². The van der Waals surface area contributed by atoms with Gasteiger partial charge in [-0.3, -0.25) is 4.99 Å². The van der Waals surface area contributed by atoms with Gasteiger partial charge < -0.3 is 15.2 Å². The maximum Gasteiger partial charge on any atom is 0.191 e. The molecule has 0 aromatic carbocycles. The zero-order chi connectivity index (χ0) is 20.6. The summed E-state index contributed by atoms with van der Waals surface area (Å²) in [5, 5.41) is 16.4. The minimum atomic E-state index is -2.94. The lowest BCUT2D eigenvalue weighted by molar-refractivity contribution is 0.460. The van der Waals surface area contributed by atoms with E-state index in [9.17, 15) is 8.42 Å². The molecule has 10 heteroatoms. The Hall–Kier alpha value is -1.29. The molecule has 1 aromatic heterocycles. The Kier molecular flexibility index (Phi) is 9.07. The summed E-state index contributed by atoms with van der Waals surface area (Å²) in [4.78, 5) is 4.22. The molecule has 0 spiro atoms. The molecule has 1 saturated carbocycles. The van der Waals surface area contributed by atoms with Gasteiger partial charge in [-0.1, -0.05) is 24.6 Å². The molecule has 1 heterocycles. The Morgan fingerprint density at radius 1 is 1.36 bits per heavy atom. The first-order chi connectivity index (χ1) is 13.3. The van der Waals surface area contributed by atoms with Gasteiger partial charge in [0.15, 0.2) is 11.1 Å². The highest BCUT2D eigenvalue weighted by atomic mass is 32.2. The summed E-state index contributed by atoms with van der Waals surface area (Å²) in [6.45, 7) is 2.73. The Morgan fingerprint density at radius 2 is 2.07 bits per heavy atom. The molecule has 1 unspecified atom stereocenters. The third kappa shape index (κ3) is 7.27. The Balaban J connectivity index is 1.79. The summed E-state index contributed by atoms with van der Waals surface area (Å²) in [6.07, 6.45) is 10.7. The van der Waals surface area contributed by atoms with E-state index in [-0.39, 0.29) is 11.8 Å². The van der Waals surface area contributed by atoms with Gasteiger partial charge in [-0.2, -0.15) is 0 Å². The lowest BCUT2D eigenvalue weighted by Gasteiger charge is -2.18. The van der Waals surface area contributed by atoms with Gasteiger partial charge in [0.05, 0.1) is 5.75 Å². The van der Waals surface area contributed by atoms with Gasteiger partial charge in [0, 0.05) is 38.4 Å². The molecule has 0 bridgehead atoms. The Morgan fingerprint density at radius 3 is 2.68 bits per heavy atom. The zero-order valence-corrected chi connectivity index (χ0v) is 19.1. The van der Waals surface area contributed by atoms with E-state index in [2.05, 4.69) is 36.6 Å². The topological polar surface area (TPSA) is 101 Å². The lowest BCUT2D eigenvalue weighted by Crippen LogP contribution is -2.43. The minimum Gasteiger partial charge on any atom is -0.356 e. The number of hydrogen-bond donors (Lipinski definition) is 2. The predicted octanol–water partition coefficient (Wildman–Crippen LogP) is 2.04. The van der Waals surface area contributed by atoms with E-state index in [4.69, 9.17) is 0 Å². The highest BCUT2D eigenvalue weighted by Gasteiger charge is 2.23. The lowest BCUT2D eigenvalue weighted by atomic mass is 10.2. The molecule has 1 aliphatic carbocycles. The average Bonchev–Trinajstić information content (AvgIpc) is 3.30. The predicted molar refractivity (Wildman–Crippen MR) is 116 cm³/mol. The van der Waals surface area contributed by atoms with Gasteiger partial charge in [0.1, 0.15) is 15.7 Å². The summed E-state index contributed by atoms with van der Waals surface area (Å²) in [5.41, 5.74) is 0. The van der Waals surface area contributed by atoms with Gasteiger partial charge >= 0.3 is 0 Å². The second-order valence-corrected chi connectivity index (χ2v) is 10.5. The molecule has 1 aliphatic rings. The zero-order valence-electron chi connectivity index (χ0n) is 17.4. The molecule has 2 N–H and O–H groups in total. The number of sulfone groups is 1. The average molecular weight is 431 g/mol. The molecular weight excluding hydrogens is 396 g/mol. The fraction of sp³-hybridized carbons (Fsp3) is 0.833. The summed E-state index contributed by atoms with van der Waals surface area (Å²) in [5.74, 6) is 1.94.